The molecule has 0 bridgehead atoms. The van der Waals surface area contributed by atoms with E-state index in [0.29, 0.717) is 36.9 Å². The maximum absolute atomic E-state index is 12.6. The van der Waals surface area contributed by atoms with Crippen molar-refractivity contribution in [2.24, 2.45) is 0 Å². The van der Waals surface area contributed by atoms with Gasteiger partial charge in [0.05, 0.1) is 11.2 Å². The Morgan fingerprint density at radius 1 is 0.862 bits per heavy atom. The average Bonchev–Trinajstić information content (AvgIpc) is 2.77. The smallest absolute Gasteiger partial charge is 0.320 e. The maximum atomic E-state index is 12.6. The molecule has 152 valence electrons. The van der Waals surface area contributed by atoms with Crippen molar-refractivity contribution < 1.29 is 9.59 Å². The zero-order chi connectivity index (χ0) is 20.2. The number of pyridine rings is 1. The third kappa shape index (κ3) is 4.70. The van der Waals surface area contributed by atoms with Crippen molar-refractivity contribution in [1.82, 2.24) is 19.7 Å². The molecule has 0 atom stereocenters. The van der Waals surface area contributed by atoms with Crippen LogP contribution in [0.1, 0.15) is 25.0 Å². The van der Waals surface area contributed by atoms with Gasteiger partial charge in [0.25, 0.3) is 0 Å². The minimum atomic E-state index is -0.0527. The SMILES string of the molecule is O=C(/C=C/c1ccc2ccc(Cl)cc2n1)N1CCN(C(=O)N2CCCCC2)CC1. The Labute approximate surface area is 175 Å². The quantitative estimate of drug-likeness (QED) is 0.707. The largest absolute Gasteiger partial charge is 0.336 e. The van der Waals surface area contributed by atoms with Gasteiger partial charge in [0.15, 0.2) is 0 Å². The maximum Gasteiger partial charge on any atom is 0.320 e. The van der Waals surface area contributed by atoms with E-state index >= 15 is 0 Å². The summed E-state index contributed by atoms with van der Waals surface area (Å²) in [4.78, 5) is 35.3. The highest BCUT2D eigenvalue weighted by molar-refractivity contribution is 6.31. The standard InChI is InChI=1S/C22H25ClN4O2/c23-18-6-4-17-5-7-19(24-20(17)16-18)8-9-21(28)25-12-14-27(15-13-25)22(29)26-10-2-1-3-11-26/h4-9,16H,1-3,10-15H2/b9-8+. The van der Waals surface area contributed by atoms with Crippen LogP contribution in [0.5, 0.6) is 0 Å². The van der Waals surface area contributed by atoms with Crippen LogP contribution in [0.15, 0.2) is 36.4 Å². The van der Waals surface area contributed by atoms with Crippen LogP contribution in [0.25, 0.3) is 17.0 Å². The number of benzene rings is 1. The Bertz CT molecular complexity index is 932. The Morgan fingerprint density at radius 2 is 1.52 bits per heavy atom. The number of fused-ring (bicyclic) bond motifs is 1. The van der Waals surface area contributed by atoms with Crippen molar-refractivity contribution in [3.05, 3.63) is 47.1 Å². The Hall–Kier alpha value is -2.60. The molecule has 1 aromatic carbocycles. The minimum Gasteiger partial charge on any atom is -0.336 e. The van der Waals surface area contributed by atoms with E-state index in [4.69, 9.17) is 11.6 Å². The molecule has 2 fully saturated rings. The average molecular weight is 413 g/mol. The molecular formula is C22H25ClN4O2. The van der Waals surface area contributed by atoms with Gasteiger partial charge >= 0.3 is 6.03 Å². The highest BCUT2D eigenvalue weighted by Crippen LogP contribution is 2.18. The van der Waals surface area contributed by atoms with E-state index in [1.807, 2.05) is 40.1 Å². The van der Waals surface area contributed by atoms with Gasteiger partial charge in [-0.15, -0.1) is 0 Å². The molecule has 2 aliphatic rings. The summed E-state index contributed by atoms with van der Waals surface area (Å²) in [5, 5.41) is 1.64. The molecule has 0 saturated carbocycles. The molecule has 0 aliphatic carbocycles. The molecule has 3 amide bonds. The second kappa shape index (κ2) is 8.82. The number of rotatable bonds is 2. The summed E-state index contributed by atoms with van der Waals surface area (Å²) < 4.78 is 0. The van der Waals surface area contributed by atoms with E-state index in [-0.39, 0.29) is 11.9 Å². The number of hydrogen-bond acceptors (Lipinski definition) is 3. The van der Waals surface area contributed by atoms with Gasteiger partial charge in [0.1, 0.15) is 0 Å². The number of carbonyl (C=O) groups excluding carboxylic acids is 2. The molecule has 3 heterocycles. The van der Waals surface area contributed by atoms with Crippen molar-refractivity contribution in [2.75, 3.05) is 39.3 Å². The molecule has 2 saturated heterocycles. The van der Waals surface area contributed by atoms with Crippen LogP contribution >= 0.6 is 11.6 Å². The first-order valence-electron chi connectivity index (χ1n) is 10.2. The summed E-state index contributed by atoms with van der Waals surface area (Å²) in [7, 11) is 0. The summed E-state index contributed by atoms with van der Waals surface area (Å²) >= 11 is 6.03. The number of hydrogen-bond donors (Lipinski definition) is 0. The van der Waals surface area contributed by atoms with Crippen molar-refractivity contribution in [3.63, 3.8) is 0 Å². The monoisotopic (exact) mass is 412 g/mol. The molecular weight excluding hydrogens is 388 g/mol. The number of piperidine rings is 1. The molecule has 7 heteroatoms. The molecule has 1 aromatic heterocycles. The summed E-state index contributed by atoms with van der Waals surface area (Å²) in [5.74, 6) is -0.0527. The summed E-state index contributed by atoms with van der Waals surface area (Å²) in [5.41, 5.74) is 1.52. The van der Waals surface area contributed by atoms with E-state index in [1.165, 1.54) is 6.42 Å². The molecule has 0 spiro atoms. The van der Waals surface area contributed by atoms with Gasteiger partial charge in [-0.2, -0.15) is 0 Å². The molecule has 0 unspecified atom stereocenters. The third-order valence-corrected chi connectivity index (χ3v) is 5.80. The van der Waals surface area contributed by atoms with Gasteiger partial charge in [-0.1, -0.05) is 23.7 Å². The number of likely N-dealkylation sites (tertiary alicyclic amines) is 1. The van der Waals surface area contributed by atoms with Crippen LogP contribution in [0.3, 0.4) is 0 Å². The van der Waals surface area contributed by atoms with Crippen molar-refractivity contribution in [2.45, 2.75) is 19.3 Å². The van der Waals surface area contributed by atoms with Gasteiger partial charge in [0.2, 0.25) is 5.91 Å². The topological polar surface area (TPSA) is 56.8 Å². The van der Waals surface area contributed by atoms with Crippen LogP contribution in [0, 0.1) is 0 Å². The first-order valence-corrected chi connectivity index (χ1v) is 10.5. The zero-order valence-corrected chi connectivity index (χ0v) is 17.1. The first-order chi connectivity index (χ1) is 14.1. The van der Waals surface area contributed by atoms with E-state index in [0.717, 1.165) is 36.8 Å². The minimum absolute atomic E-state index is 0.0527. The number of amides is 3. The fourth-order valence-corrected chi connectivity index (χ4v) is 4.03. The second-order valence-corrected chi connectivity index (χ2v) is 7.99. The molecule has 4 rings (SSSR count). The lowest BCUT2D eigenvalue weighted by molar-refractivity contribution is -0.127. The fraction of sp³-hybridized carbons (Fsp3) is 0.409. The number of halogens is 1. The zero-order valence-electron chi connectivity index (χ0n) is 16.4. The first kappa shape index (κ1) is 19.7. The van der Waals surface area contributed by atoms with Crippen molar-refractivity contribution >= 4 is 40.5 Å². The van der Waals surface area contributed by atoms with Gasteiger partial charge in [-0.25, -0.2) is 9.78 Å². The lowest BCUT2D eigenvalue weighted by Crippen LogP contribution is -2.54. The van der Waals surface area contributed by atoms with Crippen molar-refractivity contribution in [1.29, 1.82) is 0 Å². The lowest BCUT2D eigenvalue weighted by atomic mass is 10.1. The Morgan fingerprint density at radius 3 is 2.28 bits per heavy atom. The fourth-order valence-electron chi connectivity index (χ4n) is 3.86. The van der Waals surface area contributed by atoms with Gasteiger partial charge in [-0.05, 0) is 43.5 Å². The lowest BCUT2D eigenvalue weighted by Gasteiger charge is -2.38. The van der Waals surface area contributed by atoms with Crippen LogP contribution in [0.4, 0.5) is 4.79 Å². The number of nitrogens with zero attached hydrogens (tertiary/aromatic N) is 4. The number of aromatic nitrogens is 1. The van der Waals surface area contributed by atoms with E-state index in [9.17, 15) is 9.59 Å². The van der Waals surface area contributed by atoms with Crippen LogP contribution in [-0.4, -0.2) is 70.9 Å². The molecule has 2 aliphatic heterocycles. The third-order valence-electron chi connectivity index (χ3n) is 5.56. The highest BCUT2D eigenvalue weighted by Gasteiger charge is 2.27. The van der Waals surface area contributed by atoms with Gasteiger partial charge < -0.3 is 14.7 Å². The summed E-state index contributed by atoms with van der Waals surface area (Å²) in [6.45, 7) is 3.99. The molecule has 2 aromatic rings. The van der Waals surface area contributed by atoms with E-state index in [2.05, 4.69) is 4.98 Å². The summed E-state index contributed by atoms with van der Waals surface area (Å²) in [6, 6.07) is 9.54. The van der Waals surface area contributed by atoms with Crippen LogP contribution < -0.4 is 0 Å². The molecule has 0 N–H and O–H groups in total. The van der Waals surface area contributed by atoms with Crippen LogP contribution in [-0.2, 0) is 4.79 Å². The number of piperazine rings is 1. The predicted molar refractivity (Wildman–Crippen MR) is 115 cm³/mol. The van der Waals surface area contributed by atoms with E-state index in [1.54, 1.807) is 17.1 Å². The Balaban J connectivity index is 1.33. The number of carbonyl (C=O) groups is 2. The summed E-state index contributed by atoms with van der Waals surface area (Å²) in [6.07, 6.45) is 6.67. The molecule has 0 radical (unpaired) electrons. The molecule has 6 nitrogen and oxygen atoms in total. The number of urea groups is 1. The van der Waals surface area contributed by atoms with Crippen molar-refractivity contribution in [3.8, 4) is 0 Å². The van der Waals surface area contributed by atoms with Gasteiger partial charge in [0, 0.05) is 55.8 Å². The Kier molecular flexibility index (Phi) is 6.00. The van der Waals surface area contributed by atoms with Crippen LogP contribution in [0.2, 0.25) is 5.02 Å². The second-order valence-electron chi connectivity index (χ2n) is 7.55. The van der Waals surface area contributed by atoms with E-state index < -0.39 is 0 Å². The highest BCUT2D eigenvalue weighted by atomic mass is 35.5. The predicted octanol–water partition coefficient (Wildman–Crippen LogP) is 3.65. The normalized spacial score (nSPS) is 17.9. The van der Waals surface area contributed by atoms with Gasteiger partial charge in [-0.3, -0.25) is 4.79 Å². The molecule has 29 heavy (non-hydrogen) atoms.